The Morgan fingerprint density at radius 2 is 1.61 bits per heavy atom. The lowest BCUT2D eigenvalue weighted by Gasteiger charge is -2.28. The van der Waals surface area contributed by atoms with Crippen LogP contribution in [0.2, 0.25) is 0 Å². The number of likely N-dealkylation sites (tertiary alicyclic amines) is 1. The van der Waals surface area contributed by atoms with Gasteiger partial charge in [0.1, 0.15) is 11.9 Å². The molecule has 1 saturated heterocycles. The van der Waals surface area contributed by atoms with Crippen LogP contribution in [-0.4, -0.2) is 44.6 Å². The summed E-state index contributed by atoms with van der Waals surface area (Å²) in [7, 11) is -3.73. The number of carbonyl (C=O) groups excluding carboxylic acids is 1. The number of anilines is 1. The molecule has 1 fully saturated rings. The molecule has 3 rings (SSSR count). The first-order valence-electron chi connectivity index (χ1n) is 10.6. The molecule has 1 aliphatic heterocycles. The van der Waals surface area contributed by atoms with Crippen molar-refractivity contribution in [2.75, 3.05) is 23.7 Å². The minimum atomic E-state index is -3.73. The Morgan fingerprint density at radius 3 is 2.19 bits per heavy atom. The molecule has 1 N–H and O–H groups in total. The van der Waals surface area contributed by atoms with Gasteiger partial charge in [-0.25, -0.2) is 12.8 Å². The van der Waals surface area contributed by atoms with Crippen molar-refractivity contribution in [3.8, 4) is 0 Å². The summed E-state index contributed by atoms with van der Waals surface area (Å²) in [5.41, 5.74) is 2.43. The van der Waals surface area contributed by atoms with Gasteiger partial charge in [-0.15, -0.1) is 0 Å². The van der Waals surface area contributed by atoms with Crippen LogP contribution in [-0.2, 0) is 27.9 Å². The van der Waals surface area contributed by atoms with Crippen LogP contribution in [0.25, 0.3) is 0 Å². The Bertz CT molecular complexity index is 972. The average molecular weight is 448 g/mol. The number of amides is 1. The van der Waals surface area contributed by atoms with Crippen molar-refractivity contribution in [2.45, 2.75) is 45.3 Å². The second kappa shape index (κ2) is 10.2. The molecule has 0 saturated carbocycles. The lowest BCUT2D eigenvalue weighted by atomic mass is 10.1. The highest BCUT2D eigenvalue weighted by molar-refractivity contribution is 7.92. The SMILES string of the molecule is CC(C(=O)NCc1ccc(CN2CCCCC2)cc1)N(c1ccc(F)cc1)S(C)(=O)=O. The van der Waals surface area contributed by atoms with Crippen molar-refractivity contribution in [3.05, 3.63) is 65.5 Å². The third-order valence-corrected chi connectivity index (χ3v) is 6.76. The van der Waals surface area contributed by atoms with Gasteiger partial charge in [-0.1, -0.05) is 30.7 Å². The number of hydrogen-bond acceptors (Lipinski definition) is 4. The molecule has 0 aromatic heterocycles. The van der Waals surface area contributed by atoms with Gasteiger partial charge in [-0.2, -0.15) is 0 Å². The molecule has 0 bridgehead atoms. The predicted molar refractivity (Wildman–Crippen MR) is 121 cm³/mol. The van der Waals surface area contributed by atoms with E-state index in [4.69, 9.17) is 0 Å². The first kappa shape index (κ1) is 23.2. The van der Waals surface area contributed by atoms with Gasteiger partial charge in [0, 0.05) is 13.1 Å². The minimum Gasteiger partial charge on any atom is -0.350 e. The number of halogens is 1. The highest BCUT2D eigenvalue weighted by Gasteiger charge is 2.29. The van der Waals surface area contributed by atoms with E-state index in [2.05, 4.69) is 22.3 Å². The van der Waals surface area contributed by atoms with E-state index < -0.39 is 27.8 Å². The van der Waals surface area contributed by atoms with Crippen LogP contribution in [0.15, 0.2) is 48.5 Å². The Labute approximate surface area is 184 Å². The Hall–Kier alpha value is -2.45. The van der Waals surface area contributed by atoms with Crippen molar-refractivity contribution in [1.29, 1.82) is 0 Å². The summed E-state index contributed by atoms with van der Waals surface area (Å²) in [5, 5.41) is 2.80. The van der Waals surface area contributed by atoms with Crippen LogP contribution >= 0.6 is 0 Å². The number of carbonyl (C=O) groups is 1. The maximum Gasteiger partial charge on any atom is 0.243 e. The van der Waals surface area contributed by atoms with Crippen molar-refractivity contribution < 1.29 is 17.6 Å². The fraction of sp³-hybridized carbons (Fsp3) is 0.435. The zero-order valence-electron chi connectivity index (χ0n) is 18.1. The van der Waals surface area contributed by atoms with Gasteiger partial charge in [0.25, 0.3) is 0 Å². The molecule has 0 spiro atoms. The van der Waals surface area contributed by atoms with Gasteiger partial charge in [0.05, 0.1) is 11.9 Å². The van der Waals surface area contributed by atoms with E-state index in [1.54, 1.807) is 0 Å². The lowest BCUT2D eigenvalue weighted by Crippen LogP contribution is -2.47. The summed E-state index contributed by atoms with van der Waals surface area (Å²) < 4.78 is 38.8. The van der Waals surface area contributed by atoms with E-state index in [1.165, 1.54) is 56.0 Å². The van der Waals surface area contributed by atoms with Gasteiger partial charge in [-0.05, 0) is 68.2 Å². The van der Waals surface area contributed by atoms with Gasteiger partial charge < -0.3 is 5.32 Å². The molecule has 1 aliphatic rings. The van der Waals surface area contributed by atoms with Gasteiger partial charge in [-0.3, -0.25) is 14.0 Å². The van der Waals surface area contributed by atoms with E-state index in [1.807, 2.05) is 12.1 Å². The molecule has 2 aromatic carbocycles. The molecule has 1 atom stereocenters. The Morgan fingerprint density at radius 1 is 1.03 bits per heavy atom. The largest absolute Gasteiger partial charge is 0.350 e. The normalized spacial score (nSPS) is 16.0. The van der Waals surface area contributed by atoms with E-state index in [9.17, 15) is 17.6 Å². The summed E-state index contributed by atoms with van der Waals surface area (Å²) in [6.45, 7) is 5.03. The van der Waals surface area contributed by atoms with Gasteiger partial charge in [0.15, 0.2) is 0 Å². The second-order valence-corrected chi connectivity index (χ2v) is 9.94. The molecule has 1 heterocycles. The number of sulfonamides is 1. The van der Waals surface area contributed by atoms with Crippen LogP contribution in [0.5, 0.6) is 0 Å². The fourth-order valence-electron chi connectivity index (χ4n) is 3.87. The number of rotatable bonds is 8. The topological polar surface area (TPSA) is 69.7 Å². The molecular formula is C23H30FN3O3S. The molecule has 6 nitrogen and oxygen atoms in total. The molecule has 8 heteroatoms. The molecule has 168 valence electrons. The molecule has 1 amide bonds. The van der Waals surface area contributed by atoms with Crippen LogP contribution in [0.1, 0.15) is 37.3 Å². The zero-order chi connectivity index (χ0) is 22.4. The highest BCUT2D eigenvalue weighted by atomic mass is 32.2. The van der Waals surface area contributed by atoms with E-state index >= 15 is 0 Å². The van der Waals surface area contributed by atoms with Gasteiger partial charge >= 0.3 is 0 Å². The molecule has 31 heavy (non-hydrogen) atoms. The molecule has 1 unspecified atom stereocenters. The smallest absolute Gasteiger partial charge is 0.243 e. The van der Waals surface area contributed by atoms with E-state index in [0.717, 1.165) is 35.8 Å². The summed E-state index contributed by atoms with van der Waals surface area (Å²) in [5.74, 6) is -0.898. The predicted octanol–water partition coefficient (Wildman–Crippen LogP) is 3.28. The molecule has 0 radical (unpaired) electrons. The minimum absolute atomic E-state index is 0.244. The van der Waals surface area contributed by atoms with Crippen LogP contribution in [0.3, 0.4) is 0 Å². The van der Waals surface area contributed by atoms with Crippen LogP contribution in [0.4, 0.5) is 10.1 Å². The number of benzene rings is 2. The third kappa shape index (κ3) is 6.51. The monoisotopic (exact) mass is 447 g/mol. The first-order chi connectivity index (χ1) is 14.7. The fourth-order valence-corrected chi connectivity index (χ4v) is 5.05. The average Bonchev–Trinajstić information content (AvgIpc) is 2.74. The van der Waals surface area contributed by atoms with Crippen molar-refractivity contribution in [2.24, 2.45) is 0 Å². The van der Waals surface area contributed by atoms with Crippen LogP contribution < -0.4 is 9.62 Å². The van der Waals surface area contributed by atoms with Crippen molar-refractivity contribution in [1.82, 2.24) is 10.2 Å². The molecule has 2 aromatic rings. The van der Waals surface area contributed by atoms with Crippen LogP contribution in [0, 0.1) is 5.82 Å². The number of nitrogens with zero attached hydrogens (tertiary/aromatic N) is 2. The number of hydrogen-bond donors (Lipinski definition) is 1. The third-order valence-electron chi connectivity index (χ3n) is 5.51. The maximum atomic E-state index is 13.2. The van der Waals surface area contributed by atoms with E-state index in [-0.39, 0.29) is 5.69 Å². The second-order valence-electron chi connectivity index (χ2n) is 8.08. The Balaban J connectivity index is 1.60. The highest BCUT2D eigenvalue weighted by Crippen LogP contribution is 2.21. The quantitative estimate of drug-likeness (QED) is 0.674. The number of piperidine rings is 1. The Kier molecular flexibility index (Phi) is 7.67. The standard InChI is InChI=1S/C23H30FN3O3S/c1-18(27(31(2,29)30)22-12-10-21(24)11-13-22)23(28)25-16-19-6-8-20(9-7-19)17-26-14-4-3-5-15-26/h6-13,18H,3-5,14-17H2,1-2H3,(H,25,28). The molecule has 0 aliphatic carbocycles. The molecular weight excluding hydrogens is 417 g/mol. The van der Waals surface area contributed by atoms with Crippen molar-refractivity contribution >= 4 is 21.6 Å². The van der Waals surface area contributed by atoms with E-state index in [0.29, 0.717) is 6.54 Å². The lowest BCUT2D eigenvalue weighted by molar-refractivity contribution is -0.122. The summed E-state index contributed by atoms with van der Waals surface area (Å²) >= 11 is 0. The summed E-state index contributed by atoms with van der Waals surface area (Å²) in [6, 6.07) is 12.2. The zero-order valence-corrected chi connectivity index (χ0v) is 18.9. The summed E-state index contributed by atoms with van der Waals surface area (Å²) in [4.78, 5) is 15.1. The number of nitrogens with one attached hydrogen (secondary N) is 1. The van der Waals surface area contributed by atoms with Gasteiger partial charge in [0.2, 0.25) is 15.9 Å². The summed E-state index contributed by atoms with van der Waals surface area (Å²) in [6.07, 6.45) is 4.85. The van der Waals surface area contributed by atoms with Crippen molar-refractivity contribution in [3.63, 3.8) is 0 Å². The maximum absolute atomic E-state index is 13.2. The first-order valence-corrected chi connectivity index (χ1v) is 12.4.